The highest BCUT2D eigenvalue weighted by Gasteiger charge is 2.54. The van der Waals surface area contributed by atoms with Crippen LogP contribution in [0.3, 0.4) is 0 Å². The minimum absolute atomic E-state index is 0.0351. The van der Waals surface area contributed by atoms with Gasteiger partial charge in [-0.05, 0) is 85.8 Å². The van der Waals surface area contributed by atoms with Crippen molar-refractivity contribution in [2.24, 2.45) is 5.14 Å². The molecule has 4 heterocycles. The van der Waals surface area contributed by atoms with Crippen LogP contribution in [-0.4, -0.2) is 131 Å². The van der Waals surface area contributed by atoms with Crippen LogP contribution in [0.4, 0.5) is 0 Å². The van der Waals surface area contributed by atoms with Crippen LogP contribution in [0, 0.1) is 0 Å². The number of thiophene rings is 1. The number of benzene rings is 4. The Hall–Kier alpha value is -8.01. The van der Waals surface area contributed by atoms with Crippen molar-refractivity contribution in [1.82, 2.24) is 31.5 Å². The van der Waals surface area contributed by atoms with Crippen molar-refractivity contribution < 1.29 is 81.5 Å². The summed E-state index contributed by atoms with van der Waals surface area (Å²) >= 11 is 18.8. The maximum Gasteiger partial charge on any atom is 0.340 e. The highest BCUT2D eigenvalue weighted by Crippen LogP contribution is 2.57. The number of amides is 6. The lowest BCUT2D eigenvalue weighted by molar-refractivity contribution is -0.144. The van der Waals surface area contributed by atoms with Gasteiger partial charge in [0.05, 0.1) is 28.3 Å². The van der Waals surface area contributed by atoms with E-state index in [0.717, 1.165) is 11.0 Å². The van der Waals surface area contributed by atoms with Gasteiger partial charge in [-0.15, -0.1) is 11.3 Å². The van der Waals surface area contributed by atoms with Crippen molar-refractivity contribution in [3.63, 3.8) is 0 Å². The Kier molecular flexibility index (Phi) is 17.8. The van der Waals surface area contributed by atoms with Gasteiger partial charge in [-0.2, -0.15) is 0 Å². The summed E-state index contributed by atoms with van der Waals surface area (Å²) in [6.45, 7) is -0.688. The van der Waals surface area contributed by atoms with E-state index < -0.39 is 122 Å². The predicted molar refractivity (Wildman–Crippen MR) is 288 cm³/mol. The van der Waals surface area contributed by atoms with Crippen LogP contribution in [0.1, 0.15) is 91.9 Å². The summed E-state index contributed by atoms with van der Waals surface area (Å²) in [4.78, 5) is 119. The molecule has 0 unspecified atom stereocenters. The van der Waals surface area contributed by atoms with Crippen LogP contribution in [0.2, 0.25) is 14.4 Å². The fourth-order valence-corrected chi connectivity index (χ4v) is 12.3. The molecule has 0 aliphatic carbocycles. The molecule has 24 nitrogen and oxygen atoms in total. The molecule has 426 valence electrons. The molecular weight excluding hydrogens is 1170 g/mol. The molecule has 1 fully saturated rings. The number of ether oxygens (including phenoxy) is 2. The van der Waals surface area contributed by atoms with E-state index in [2.05, 4.69) is 26.6 Å². The van der Waals surface area contributed by atoms with Crippen LogP contribution in [0.25, 0.3) is 0 Å². The highest BCUT2D eigenvalue weighted by molar-refractivity contribution is 7.91. The molecule has 11 N–H and O–H groups in total. The summed E-state index contributed by atoms with van der Waals surface area (Å²) in [7, 11) is -4.46. The third-order valence-corrected chi connectivity index (χ3v) is 16.6. The summed E-state index contributed by atoms with van der Waals surface area (Å²) in [6, 6.07) is 13.0. The number of hydrogen-bond donors (Lipinski definition) is 10. The molecule has 0 radical (unpaired) electrons. The van der Waals surface area contributed by atoms with Gasteiger partial charge in [0.25, 0.3) is 11.8 Å². The second-order valence-corrected chi connectivity index (χ2v) is 23.2. The maximum absolute atomic E-state index is 13.9. The second-order valence-electron chi connectivity index (χ2n) is 18.9. The van der Waals surface area contributed by atoms with Crippen LogP contribution >= 0.6 is 46.1 Å². The number of primary sulfonamides is 1. The molecule has 1 spiro atoms. The van der Waals surface area contributed by atoms with E-state index in [1.54, 1.807) is 24.3 Å². The van der Waals surface area contributed by atoms with E-state index in [9.17, 15) is 72.0 Å². The quantitative estimate of drug-likeness (QED) is 0.0368. The molecule has 81 heavy (non-hydrogen) atoms. The van der Waals surface area contributed by atoms with Gasteiger partial charge in [0.15, 0.2) is 5.60 Å². The number of likely N-dealkylation sites (tertiary alicyclic amines) is 1. The Morgan fingerprint density at radius 3 is 2.07 bits per heavy atom. The van der Waals surface area contributed by atoms with Gasteiger partial charge in [-0.1, -0.05) is 46.9 Å². The highest BCUT2D eigenvalue weighted by atomic mass is 35.5. The van der Waals surface area contributed by atoms with Gasteiger partial charge in [0.2, 0.25) is 33.7 Å². The molecule has 29 heteroatoms. The van der Waals surface area contributed by atoms with Crippen LogP contribution in [0.5, 0.6) is 23.0 Å². The number of aromatic hydroxyl groups is 2. The molecule has 4 aromatic carbocycles. The Labute approximate surface area is 478 Å². The number of nitrogens with one attached hydrogen (secondary N) is 5. The molecule has 1 saturated heterocycles. The van der Waals surface area contributed by atoms with Crippen LogP contribution < -0.4 is 36.5 Å². The van der Waals surface area contributed by atoms with Gasteiger partial charge < -0.3 is 61.4 Å². The van der Waals surface area contributed by atoms with E-state index >= 15 is 0 Å². The Balaban J connectivity index is 0.809. The molecule has 0 bridgehead atoms. The predicted octanol–water partition coefficient (Wildman–Crippen LogP) is 3.91. The standard InChI is InChI=1S/C52H48Cl3N7O17S2/c53-26-6-4-24(35(54)17-26)16-43(66)59-27-18-38(62(23-27)47(70)31-21-41(55)80-51(31)81(56,76)77)46(69)58-14-12-42(65)61-37(49(73)74)22-44(67)60-36(48(71)72)3-1-2-13-57-45(68)25-5-9-32-30(15-25)50(75)79-52(32)33-10-7-28(63)19-39(33)78-40-20-29(64)8-11-34(40)52/h4-11,15,17,19-21,27,36-38,63-64H,1-3,12-14,16,18,22-23H2,(H,57,68)(H,58,69)(H,59,66)(H,60,67)(H,61,65)(H,71,72)(H,73,74)(H2,56,76,77)/t27-,36-,37-,38+/m0/s1. The van der Waals surface area contributed by atoms with Gasteiger partial charge in [0, 0.05) is 76.5 Å². The zero-order chi connectivity index (χ0) is 58.7. The zero-order valence-corrected chi connectivity index (χ0v) is 45.9. The number of unbranched alkanes of at least 4 members (excludes halogenated alkanes) is 1. The number of phenolic OH excluding ortho intramolecular Hbond substituents is 2. The Morgan fingerprint density at radius 2 is 1.43 bits per heavy atom. The van der Waals surface area contributed by atoms with Crippen molar-refractivity contribution in [2.75, 3.05) is 19.6 Å². The smallest absolute Gasteiger partial charge is 0.340 e. The molecular formula is C52H48Cl3N7O17S2. The molecule has 0 saturated carbocycles. The second kappa shape index (κ2) is 24.4. The first-order chi connectivity index (χ1) is 38.3. The van der Waals surface area contributed by atoms with Gasteiger partial charge >= 0.3 is 17.9 Å². The first-order valence-corrected chi connectivity index (χ1v) is 28.0. The average Bonchev–Trinajstić information content (AvgIpc) is 2.07. The zero-order valence-electron chi connectivity index (χ0n) is 42.0. The van der Waals surface area contributed by atoms with Crippen molar-refractivity contribution in [1.29, 1.82) is 0 Å². The number of esters is 1. The van der Waals surface area contributed by atoms with Crippen molar-refractivity contribution >= 4 is 110 Å². The molecule has 3 aliphatic heterocycles. The third-order valence-electron chi connectivity index (χ3n) is 13.3. The summed E-state index contributed by atoms with van der Waals surface area (Å²) in [5.41, 5.74) is -0.202. The lowest BCUT2D eigenvalue weighted by atomic mass is 9.77. The molecule has 5 aromatic rings. The number of nitrogens with two attached hydrogens (primary N) is 1. The molecule has 6 amide bonds. The first kappa shape index (κ1) is 59.1. The maximum atomic E-state index is 13.9. The third kappa shape index (κ3) is 13.3. The van der Waals surface area contributed by atoms with E-state index in [0.29, 0.717) is 38.6 Å². The van der Waals surface area contributed by atoms with Gasteiger partial charge in [0.1, 0.15) is 45.3 Å². The molecule has 4 atom stereocenters. The Bertz CT molecular complexity index is 3490. The van der Waals surface area contributed by atoms with Crippen molar-refractivity contribution in [2.45, 2.75) is 78.9 Å². The van der Waals surface area contributed by atoms with Crippen LogP contribution in [0.15, 0.2) is 83.1 Å². The number of sulfonamides is 1. The van der Waals surface area contributed by atoms with Crippen molar-refractivity contribution in [3.05, 3.63) is 132 Å². The summed E-state index contributed by atoms with van der Waals surface area (Å²) in [5.74, 6) is -8.66. The van der Waals surface area contributed by atoms with Crippen molar-refractivity contribution in [3.8, 4) is 23.0 Å². The lowest BCUT2D eigenvalue weighted by Gasteiger charge is -2.36. The normalized spacial score (nSPS) is 16.3. The molecule has 1 aromatic heterocycles. The first-order valence-electron chi connectivity index (χ1n) is 24.5. The molecule has 8 rings (SSSR count). The number of hydrogen-bond acceptors (Lipinski definition) is 16. The minimum Gasteiger partial charge on any atom is -0.508 e. The van der Waals surface area contributed by atoms with E-state index in [1.165, 1.54) is 48.5 Å². The number of carboxylic acid groups (broad SMARTS) is 2. The fraction of sp³-hybridized carbons (Fsp3) is 0.288. The monoisotopic (exact) mass is 1210 g/mol. The summed E-state index contributed by atoms with van der Waals surface area (Å²) in [5, 5.41) is 58.3. The number of rotatable bonds is 21. The van der Waals surface area contributed by atoms with Gasteiger partial charge in [-0.3, -0.25) is 28.8 Å². The summed E-state index contributed by atoms with van der Waals surface area (Å²) in [6.07, 6.45) is -1.62. The minimum atomic E-state index is -4.46. The molecule has 3 aliphatic rings. The summed E-state index contributed by atoms with van der Waals surface area (Å²) < 4.78 is 36.1. The Morgan fingerprint density at radius 1 is 0.778 bits per heavy atom. The number of carboxylic acids is 2. The van der Waals surface area contributed by atoms with Crippen LogP contribution in [-0.2, 0) is 55.5 Å². The topological polar surface area (TPSA) is 377 Å². The SMILES string of the molecule is NS(=O)(=O)c1sc(Cl)cc1C(=O)N1C[C@@H](NC(=O)Cc2ccc(Cl)cc2Cl)C[C@@H]1C(=O)NCCC(=O)N[C@@H](CC(=O)N[C@@H](CCCCNC(=O)c1ccc2c(c1)C(=O)OC21c2ccc(O)cc2Oc2cc(O)ccc21)C(=O)O)C(=O)O. The number of aliphatic carboxylic acids is 2. The van der Waals surface area contributed by atoms with E-state index in [-0.39, 0.29) is 88.7 Å². The number of fused-ring (bicyclic) bond motifs is 6. The number of phenols is 2. The average molecular weight is 1210 g/mol. The van der Waals surface area contributed by atoms with E-state index in [4.69, 9.17) is 49.4 Å². The van der Waals surface area contributed by atoms with E-state index in [1.807, 2.05) is 0 Å². The fourth-order valence-electron chi connectivity index (χ4n) is 9.59. The number of carbonyl (C=O) groups excluding carboxylic acids is 7. The van der Waals surface area contributed by atoms with Gasteiger partial charge in [-0.25, -0.2) is 27.9 Å². The number of carbonyl (C=O) groups is 9. The lowest BCUT2D eigenvalue weighted by Crippen LogP contribution is -2.48. The number of nitrogens with zero attached hydrogens (tertiary/aromatic N) is 1. The number of halogens is 3. The largest absolute Gasteiger partial charge is 0.508 e.